The molecule has 1 amide bonds. The molecule has 0 aliphatic rings. The molecule has 1 aromatic heterocycles. The van der Waals surface area contributed by atoms with Gasteiger partial charge in [-0.15, -0.1) is 0 Å². The van der Waals surface area contributed by atoms with Gasteiger partial charge < -0.3 is 15.6 Å². The minimum Gasteiger partial charge on any atom is -0.361 e. The zero-order chi connectivity index (χ0) is 14.6. The Kier molecular flexibility index (Phi) is 5.11. The van der Waals surface area contributed by atoms with Crippen LogP contribution in [0.15, 0.2) is 4.52 Å². The van der Waals surface area contributed by atoms with Crippen LogP contribution in [-0.4, -0.2) is 22.6 Å². The number of aromatic nitrogens is 1. The SMILES string of the molecule is CCCC(C)(N)C(=O)NC(C)Cc1c(C)noc1C. The van der Waals surface area contributed by atoms with E-state index in [4.69, 9.17) is 10.3 Å². The van der Waals surface area contributed by atoms with Crippen molar-refractivity contribution in [2.24, 2.45) is 5.73 Å². The first kappa shape index (κ1) is 15.7. The third kappa shape index (κ3) is 4.06. The van der Waals surface area contributed by atoms with Crippen molar-refractivity contribution in [2.45, 2.75) is 65.5 Å². The van der Waals surface area contributed by atoms with Crippen molar-refractivity contribution in [3.8, 4) is 0 Å². The van der Waals surface area contributed by atoms with Crippen molar-refractivity contribution < 1.29 is 9.32 Å². The Morgan fingerprint density at radius 2 is 2.16 bits per heavy atom. The molecular weight excluding hydrogens is 242 g/mol. The van der Waals surface area contributed by atoms with Crippen molar-refractivity contribution in [1.82, 2.24) is 10.5 Å². The van der Waals surface area contributed by atoms with Gasteiger partial charge in [0.15, 0.2) is 0 Å². The lowest BCUT2D eigenvalue weighted by Gasteiger charge is -2.25. The molecule has 0 spiro atoms. The highest BCUT2D eigenvalue weighted by molar-refractivity contribution is 5.85. The van der Waals surface area contributed by atoms with E-state index in [0.29, 0.717) is 12.8 Å². The number of nitrogens with two attached hydrogens (primary N) is 1. The number of rotatable bonds is 6. The minimum atomic E-state index is -0.804. The molecule has 0 fully saturated rings. The smallest absolute Gasteiger partial charge is 0.240 e. The van der Waals surface area contributed by atoms with Crippen LogP contribution in [-0.2, 0) is 11.2 Å². The quantitative estimate of drug-likeness (QED) is 0.824. The summed E-state index contributed by atoms with van der Waals surface area (Å²) in [6, 6.07) is 0.00373. The summed E-state index contributed by atoms with van der Waals surface area (Å²) in [5.74, 6) is 0.705. The summed E-state index contributed by atoms with van der Waals surface area (Å²) in [7, 11) is 0. The van der Waals surface area contributed by atoms with Crippen molar-refractivity contribution >= 4 is 5.91 Å². The molecule has 1 heterocycles. The third-order valence-corrected chi connectivity index (χ3v) is 3.36. The average Bonchev–Trinajstić information content (AvgIpc) is 2.60. The number of nitrogens with zero attached hydrogens (tertiary/aromatic N) is 1. The first-order valence-electron chi connectivity index (χ1n) is 6.79. The first-order valence-corrected chi connectivity index (χ1v) is 6.79. The fourth-order valence-electron chi connectivity index (χ4n) is 2.17. The monoisotopic (exact) mass is 267 g/mol. The molecule has 0 radical (unpaired) electrons. The fourth-order valence-corrected chi connectivity index (χ4v) is 2.17. The summed E-state index contributed by atoms with van der Waals surface area (Å²) in [5, 5.41) is 6.88. The second-order valence-electron chi connectivity index (χ2n) is 5.55. The molecule has 1 rings (SSSR count). The van der Waals surface area contributed by atoms with E-state index in [1.807, 2.05) is 27.7 Å². The standard InChI is InChI=1S/C14H25N3O2/c1-6-7-14(5,15)13(18)16-9(2)8-12-10(3)17-19-11(12)4/h9H,6-8,15H2,1-5H3,(H,16,18). The number of hydrogen-bond acceptors (Lipinski definition) is 4. The highest BCUT2D eigenvalue weighted by atomic mass is 16.5. The number of carbonyl (C=O) groups excluding carboxylic acids is 1. The van der Waals surface area contributed by atoms with Gasteiger partial charge in [-0.25, -0.2) is 0 Å². The van der Waals surface area contributed by atoms with Crippen LogP contribution in [0.2, 0.25) is 0 Å². The van der Waals surface area contributed by atoms with Crippen LogP contribution in [0.4, 0.5) is 0 Å². The van der Waals surface area contributed by atoms with Gasteiger partial charge >= 0.3 is 0 Å². The van der Waals surface area contributed by atoms with E-state index in [1.165, 1.54) is 0 Å². The van der Waals surface area contributed by atoms with Crippen LogP contribution in [0.1, 0.15) is 50.6 Å². The largest absolute Gasteiger partial charge is 0.361 e. The molecule has 0 bridgehead atoms. The predicted octanol–water partition coefficient (Wildman–Crippen LogP) is 1.86. The van der Waals surface area contributed by atoms with Gasteiger partial charge in [-0.05, 0) is 40.5 Å². The highest BCUT2D eigenvalue weighted by Gasteiger charge is 2.28. The molecule has 0 aromatic carbocycles. The zero-order valence-electron chi connectivity index (χ0n) is 12.5. The molecular formula is C14H25N3O2. The second kappa shape index (κ2) is 6.19. The lowest BCUT2D eigenvalue weighted by atomic mass is 9.95. The van der Waals surface area contributed by atoms with Gasteiger partial charge in [-0.2, -0.15) is 0 Å². The number of carbonyl (C=O) groups is 1. The molecule has 0 aliphatic carbocycles. The van der Waals surface area contributed by atoms with Gasteiger partial charge in [0.25, 0.3) is 0 Å². The average molecular weight is 267 g/mol. The van der Waals surface area contributed by atoms with Crippen LogP contribution in [0.5, 0.6) is 0 Å². The topological polar surface area (TPSA) is 81.2 Å². The summed E-state index contributed by atoms with van der Waals surface area (Å²) in [5.41, 5.74) is 7.14. The van der Waals surface area contributed by atoms with Crippen LogP contribution in [0, 0.1) is 13.8 Å². The lowest BCUT2D eigenvalue weighted by Crippen LogP contribution is -2.54. The summed E-state index contributed by atoms with van der Waals surface area (Å²) in [4.78, 5) is 12.1. The fraction of sp³-hybridized carbons (Fsp3) is 0.714. The molecule has 2 atom stereocenters. The molecule has 5 heteroatoms. The van der Waals surface area contributed by atoms with Crippen molar-refractivity contribution in [3.63, 3.8) is 0 Å². The Morgan fingerprint density at radius 1 is 1.53 bits per heavy atom. The number of nitrogens with one attached hydrogen (secondary N) is 1. The predicted molar refractivity (Wildman–Crippen MR) is 74.8 cm³/mol. The molecule has 0 saturated heterocycles. The molecule has 2 unspecified atom stereocenters. The van der Waals surface area contributed by atoms with Gasteiger partial charge in [-0.1, -0.05) is 18.5 Å². The maximum Gasteiger partial charge on any atom is 0.240 e. The third-order valence-electron chi connectivity index (χ3n) is 3.36. The van der Waals surface area contributed by atoms with E-state index in [1.54, 1.807) is 6.92 Å². The maximum atomic E-state index is 12.1. The summed E-state index contributed by atoms with van der Waals surface area (Å²) < 4.78 is 5.12. The van der Waals surface area contributed by atoms with Crippen LogP contribution in [0.3, 0.4) is 0 Å². The maximum absolute atomic E-state index is 12.1. The van der Waals surface area contributed by atoms with E-state index in [0.717, 1.165) is 23.4 Å². The Balaban J connectivity index is 2.61. The number of hydrogen-bond donors (Lipinski definition) is 2. The zero-order valence-corrected chi connectivity index (χ0v) is 12.5. The van der Waals surface area contributed by atoms with E-state index in [2.05, 4.69) is 10.5 Å². The van der Waals surface area contributed by atoms with Gasteiger partial charge in [0.1, 0.15) is 5.76 Å². The van der Waals surface area contributed by atoms with Gasteiger partial charge in [-0.3, -0.25) is 4.79 Å². The van der Waals surface area contributed by atoms with Crippen molar-refractivity contribution in [2.75, 3.05) is 0 Å². The highest BCUT2D eigenvalue weighted by Crippen LogP contribution is 2.15. The van der Waals surface area contributed by atoms with E-state index < -0.39 is 5.54 Å². The van der Waals surface area contributed by atoms with Gasteiger partial charge in [0.2, 0.25) is 5.91 Å². The molecule has 108 valence electrons. The number of aryl methyl sites for hydroxylation is 2. The molecule has 3 N–H and O–H groups in total. The normalized spacial score (nSPS) is 15.9. The minimum absolute atomic E-state index is 0.00373. The molecule has 1 aromatic rings. The Labute approximate surface area is 114 Å². The van der Waals surface area contributed by atoms with Crippen LogP contribution in [0.25, 0.3) is 0 Å². The van der Waals surface area contributed by atoms with Gasteiger partial charge in [0, 0.05) is 11.6 Å². The summed E-state index contributed by atoms with van der Waals surface area (Å²) >= 11 is 0. The molecule has 0 saturated carbocycles. The Bertz CT molecular complexity index is 418. The first-order chi connectivity index (χ1) is 8.77. The van der Waals surface area contributed by atoms with Crippen molar-refractivity contribution in [1.29, 1.82) is 0 Å². The van der Waals surface area contributed by atoms with E-state index in [-0.39, 0.29) is 11.9 Å². The van der Waals surface area contributed by atoms with Crippen LogP contribution < -0.4 is 11.1 Å². The summed E-state index contributed by atoms with van der Waals surface area (Å²) in [6.07, 6.45) is 2.27. The van der Waals surface area contributed by atoms with Crippen LogP contribution >= 0.6 is 0 Å². The Morgan fingerprint density at radius 3 is 2.63 bits per heavy atom. The molecule has 19 heavy (non-hydrogen) atoms. The summed E-state index contributed by atoms with van der Waals surface area (Å²) in [6.45, 7) is 9.55. The molecule has 5 nitrogen and oxygen atoms in total. The number of amides is 1. The Hall–Kier alpha value is -1.36. The van der Waals surface area contributed by atoms with E-state index >= 15 is 0 Å². The van der Waals surface area contributed by atoms with E-state index in [9.17, 15) is 4.79 Å². The second-order valence-corrected chi connectivity index (χ2v) is 5.55. The van der Waals surface area contributed by atoms with Gasteiger partial charge in [0.05, 0.1) is 11.2 Å². The lowest BCUT2D eigenvalue weighted by molar-refractivity contribution is -0.126. The molecule has 0 aliphatic heterocycles. The van der Waals surface area contributed by atoms with Crippen molar-refractivity contribution in [3.05, 3.63) is 17.0 Å².